The summed E-state index contributed by atoms with van der Waals surface area (Å²) in [4.78, 5) is 15.7. The molecule has 1 heterocycles. The summed E-state index contributed by atoms with van der Waals surface area (Å²) in [6.07, 6.45) is 19.6. The van der Waals surface area contributed by atoms with Crippen molar-refractivity contribution in [2.75, 3.05) is 11.5 Å². The molecule has 0 saturated carbocycles. The minimum absolute atomic E-state index is 0.0921. The Morgan fingerprint density at radius 1 is 0.926 bits per heavy atom. The third kappa shape index (κ3) is 15.7. The average Bonchev–Trinajstić information content (AvgIpc) is 2.70. The molecule has 0 N–H and O–H groups in total. The molecule has 0 bridgehead atoms. The monoisotopic (exact) mass is 393 g/mol. The van der Waals surface area contributed by atoms with Gasteiger partial charge in [0.1, 0.15) is 6.61 Å². The van der Waals surface area contributed by atoms with Crippen LogP contribution in [0.3, 0.4) is 0 Å². The van der Waals surface area contributed by atoms with E-state index in [0.717, 1.165) is 18.4 Å². The van der Waals surface area contributed by atoms with E-state index >= 15 is 0 Å². The van der Waals surface area contributed by atoms with E-state index in [1.54, 1.807) is 12.4 Å². The number of nitrogens with zero attached hydrogens (tertiary/aromatic N) is 1. The first-order valence-corrected chi connectivity index (χ1v) is 12.1. The SMILES string of the molecule is CCCCCCCSCCCCCCCCCC(=O)OCc1cccnc1. The molecular weight excluding hydrogens is 354 g/mol. The number of esters is 1. The summed E-state index contributed by atoms with van der Waals surface area (Å²) in [7, 11) is 0. The van der Waals surface area contributed by atoms with Crippen molar-refractivity contribution in [3.05, 3.63) is 30.1 Å². The standard InChI is InChI=1S/C23H39NO2S/c1-2-3-4-9-12-18-27-19-13-10-7-5-6-8-11-16-23(25)26-21-22-15-14-17-24-20-22/h14-15,17,20H,2-13,16,18-19,21H2,1H3. The normalized spacial score (nSPS) is 10.9. The number of carbonyl (C=O) groups is 1. The lowest BCUT2D eigenvalue weighted by Crippen LogP contribution is -2.04. The van der Waals surface area contributed by atoms with E-state index in [2.05, 4.69) is 23.7 Å². The van der Waals surface area contributed by atoms with Crippen LogP contribution >= 0.6 is 11.8 Å². The Morgan fingerprint density at radius 2 is 1.56 bits per heavy atom. The summed E-state index contributed by atoms with van der Waals surface area (Å²) < 4.78 is 5.27. The molecule has 154 valence electrons. The van der Waals surface area contributed by atoms with Crippen LogP contribution in [-0.2, 0) is 16.1 Å². The minimum Gasteiger partial charge on any atom is -0.461 e. The summed E-state index contributed by atoms with van der Waals surface area (Å²) in [6, 6.07) is 3.78. The first kappa shape index (κ1) is 24.0. The van der Waals surface area contributed by atoms with E-state index in [4.69, 9.17) is 4.74 Å². The highest BCUT2D eigenvalue weighted by Gasteiger charge is 2.03. The number of rotatable bonds is 18. The summed E-state index contributed by atoms with van der Waals surface area (Å²) in [5.41, 5.74) is 0.945. The summed E-state index contributed by atoms with van der Waals surface area (Å²) in [6.45, 7) is 2.61. The Kier molecular flexibility index (Phi) is 16.3. The lowest BCUT2D eigenvalue weighted by atomic mass is 10.1. The van der Waals surface area contributed by atoms with Crippen molar-refractivity contribution >= 4 is 17.7 Å². The number of ether oxygens (including phenoxy) is 1. The summed E-state index contributed by atoms with van der Waals surface area (Å²) in [5.74, 6) is 2.59. The zero-order valence-corrected chi connectivity index (χ0v) is 18.1. The zero-order chi connectivity index (χ0) is 19.4. The van der Waals surface area contributed by atoms with E-state index < -0.39 is 0 Å². The van der Waals surface area contributed by atoms with Crippen molar-refractivity contribution in [3.63, 3.8) is 0 Å². The molecule has 0 atom stereocenters. The molecule has 0 radical (unpaired) electrons. The van der Waals surface area contributed by atoms with Gasteiger partial charge in [0, 0.05) is 24.4 Å². The average molecular weight is 394 g/mol. The van der Waals surface area contributed by atoms with E-state index in [9.17, 15) is 4.79 Å². The summed E-state index contributed by atoms with van der Waals surface area (Å²) in [5, 5.41) is 0. The van der Waals surface area contributed by atoms with Gasteiger partial charge in [-0.05, 0) is 36.8 Å². The third-order valence-electron chi connectivity index (χ3n) is 4.68. The maximum absolute atomic E-state index is 11.7. The third-order valence-corrected chi connectivity index (χ3v) is 5.84. The molecule has 0 aromatic carbocycles. The van der Waals surface area contributed by atoms with Crippen molar-refractivity contribution < 1.29 is 9.53 Å². The van der Waals surface area contributed by atoms with Crippen LogP contribution < -0.4 is 0 Å². The van der Waals surface area contributed by atoms with Crippen LogP contribution in [0.25, 0.3) is 0 Å². The van der Waals surface area contributed by atoms with Gasteiger partial charge in [-0.15, -0.1) is 0 Å². The fourth-order valence-electron chi connectivity index (χ4n) is 2.99. The second-order valence-corrected chi connectivity index (χ2v) is 8.50. The first-order valence-electron chi connectivity index (χ1n) is 10.9. The van der Waals surface area contributed by atoms with E-state index in [-0.39, 0.29) is 5.97 Å². The maximum Gasteiger partial charge on any atom is 0.306 e. The number of carbonyl (C=O) groups excluding carboxylic acids is 1. The number of hydrogen-bond donors (Lipinski definition) is 0. The lowest BCUT2D eigenvalue weighted by molar-refractivity contribution is -0.145. The fraction of sp³-hybridized carbons (Fsp3) is 0.739. The largest absolute Gasteiger partial charge is 0.461 e. The number of aromatic nitrogens is 1. The number of unbranched alkanes of at least 4 members (excludes halogenated alkanes) is 10. The molecule has 0 fully saturated rings. The number of thioether (sulfide) groups is 1. The van der Waals surface area contributed by atoms with Crippen LogP contribution in [-0.4, -0.2) is 22.5 Å². The Morgan fingerprint density at radius 3 is 2.19 bits per heavy atom. The van der Waals surface area contributed by atoms with Crippen LogP contribution in [0.15, 0.2) is 24.5 Å². The molecule has 1 aromatic heterocycles. The molecule has 0 aliphatic carbocycles. The highest BCUT2D eigenvalue weighted by Crippen LogP contribution is 2.13. The Hall–Kier alpha value is -1.03. The van der Waals surface area contributed by atoms with E-state index in [1.165, 1.54) is 75.7 Å². The van der Waals surface area contributed by atoms with Gasteiger partial charge in [0.05, 0.1) is 0 Å². The maximum atomic E-state index is 11.7. The molecule has 0 amide bonds. The fourth-order valence-corrected chi connectivity index (χ4v) is 4.01. The van der Waals surface area contributed by atoms with Gasteiger partial charge < -0.3 is 4.74 Å². The predicted octanol–water partition coefficient (Wildman–Crippen LogP) is 6.95. The molecule has 0 saturated heterocycles. The first-order chi connectivity index (χ1) is 13.3. The quantitative estimate of drug-likeness (QED) is 0.200. The highest BCUT2D eigenvalue weighted by atomic mass is 32.2. The summed E-state index contributed by atoms with van der Waals surface area (Å²) >= 11 is 2.13. The van der Waals surface area contributed by atoms with Gasteiger partial charge >= 0.3 is 5.97 Å². The molecule has 1 rings (SSSR count). The van der Waals surface area contributed by atoms with Gasteiger partial charge in [-0.1, -0.05) is 70.8 Å². The predicted molar refractivity (Wildman–Crippen MR) is 117 cm³/mol. The molecule has 27 heavy (non-hydrogen) atoms. The van der Waals surface area contributed by atoms with Crippen LogP contribution in [0, 0.1) is 0 Å². The molecule has 0 unspecified atom stereocenters. The van der Waals surface area contributed by atoms with Crippen molar-refractivity contribution in [1.82, 2.24) is 4.98 Å². The highest BCUT2D eigenvalue weighted by molar-refractivity contribution is 7.99. The van der Waals surface area contributed by atoms with Crippen molar-refractivity contribution in [2.45, 2.75) is 97.0 Å². The number of pyridine rings is 1. The van der Waals surface area contributed by atoms with E-state index in [0.29, 0.717) is 13.0 Å². The Labute approximate surface area is 171 Å². The second-order valence-electron chi connectivity index (χ2n) is 7.27. The van der Waals surface area contributed by atoms with Gasteiger partial charge in [-0.3, -0.25) is 9.78 Å². The lowest BCUT2D eigenvalue weighted by Gasteiger charge is -2.05. The van der Waals surface area contributed by atoms with Gasteiger partial charge in [0.25, 0.3) is 0 Å². The molecule has 4 heteroatoms. The van der Waals surface area contributed by atoms with Gasteiger partial charge in [0.2, 0.25) is 0 Å². The van der Waals surface area contributed by atoms with Gasteiger partial charge in [-0.2, -0.15) is 11.8 Å². The number of hydrogen-bond acceptors (Lipinski definition) is 4. The van der Waals surface area contributed by atoms with Crippen LogP contribution in [0.2, 0.25) is 0 Å². The van der Waals surface area contributed by atoms with Crippen molar-refractivity contribution in [1.29, 1.82) is 0 Å². The molecular formula is C23H39NO2S. The van der Waals surface area contributed by atoms with Crippen molar-refractivity contribution in [2.24, 2.45) is 0 Å². The topological polar surface area (TPSA) is 39.2 Å². The van der Waals surface area contributed by atoms with Gasteiger partial charge in [0.15, 0.2) is 0 Å². The zero-order valence-electron chi connectivity index (χ0n) is 17.3. The molecule has 0 aliphatic heterocycles. The molecule has 1 aromatic rings. The van der Waals surface area contributed by atoms with Gasteiger partial charge in [-0.25, -0.2) is 0 Å². The smallest absolute Gasteiger partial charge is 0.306 e. The van der Waals surface area contributed by atoms with Crippen LogP contribution in [0.5, 0.6) is 0 Å². The van der Waals surface area contributed by atoms with Crippen molar-refractivity contribution in [3.8, 4) is 0 Å². The van der Waals surface area contributed by atoms with Crippen LogP contribution in [0.4, 0.5) is 0 Å². The molecule has 0 aliphatic rings. The second kappa shape index (κ2) is 18.3. The van der Waals surface area contributed by atoms with E-state index in [1.807, 2.05) is 12.1 Å². The minimum atomic E-state index is -0.0921. The Balaban J connectivity index is 1.77. The Bertz CT molecular complexity index is 453. The molecule has 3 nitrogen and oxygen atoms in total. The molecule has 0 spiro atoms. The van der Waals surface area contributed by atoms with Crippen LogP contribution in [0.1, 0.15) is 96.0 Å².